The number of nitrogens with zero attached hydrogens (tertiary/aromatic N) is 3. The Kier molecular flexibility index (Phi) is 4.52. The third-order valence-corrected chi connectivity index (χ3v) is 7.60. The van der Waals surface area contributed by atoms with Gasteiger partial charge < -0.3 is 9.13 Å². The first-order chi connectivity index (χ1) is 18.8. The van der Waals surface area contributed by atoms with E-state index in [1.54, 1.807) is 0 Å². The predicted molar refractivity (Wildman–Crippen MR) is 158 cm³/mol. The Hall–Kier alpha value is -5.15. The fraction of sp³-hybridized carbons (Fsp3) is 0. The Balaban J connectivity index is 1.36. The smallest absolute Gasteiger partial charge is 0.0701 e. The highest BCUT2D eigenvalue weighted by Crippen LogP contribution is 2.37. The molecule has 5 aromatic carbocycles. The maximum Gasteiger partial charge on any atom is 0.0701 e. The van der Waals surface area contributed by atoms with Gasteiger partial charge in [0, 0.05) is 45.5 Å². The topological polar surface area (TPSA) is 22.8 Å². The summed E-state index contributed by atoms with van der Waals surface area (Å²) < 4.78 is 4.65. The number of hydrogen-bond donors (Lipinski definition) is 0. The van der Waals surface area contributed by atoms with E-state index in [-0.39, 0.29) is 0 Å². The van der Waals surface area contributed by atoms with Gasteiger partial charge in [0.1, 0.15) is 0 Å². The molecule has 0 saturated heterocycles. The second-order valence-electron chi connectivity index (χ2n) is 9.72. The third-order valence-electron chi connectivity index (χ3n) is 7.60. The molecule has 0 radical (unpaired) electrons. The Labute approximate surface area is 219 Å². The van der Waals surface area contributed by atoms with Crippen molar-refractivity contribution in [1.82, 2.24) is 14.1 Å². The molecule has 3 heterocycles. The zero-order valence-electron chi connectivity index (χ0n) is 20.6. The van der Waals surface area contributed by atoms with Crippen molar-refractivity contribution in [3.05, 3.63) is 140 Å². The molecule has 0 saturated carbocycles. The van der Waals surface area contributed by atoms with E-state index in [1.807, 2.05) is 24.4 Å². The van der Waals surface area contributed by atoms with Gasteiger partial charge in [0.05, 0.1) is 22.2 Å². The van der Waals surface area contributed by atoms with E-state index in [1.165, 1.54) is 49.2 Å². The molecule has 0 aliphatic heterocycles. The van der Waals surface area contributed by atoms with Crippen LogP contribution >= 0.6 is 0 Å². The summed E-state index contributed by atoms with van der Waals surface area (Å²) in [5.41, 5.74) is 8.06. The largest absolute Gasteiger partial charge is 0.317 e. The number of rotatable bonds is 3. The van der Waals surface area contributed by atoms with Crippen LogP contribution in [0.3, 0.4) is 0 Å². The van der Waals surface area contributed by atoms with Gasteiger partial charge >= 0.3 is 0 Å². The standard InChI is InChI=1S/C35H23N3/c1-2-8-26(9-3-1)37-21-19-29-30-23-31-28-10-4-5-12-34(28)38(35(31)22-25(30)15-18-33(29)37)27-16-13-24(14-17-27)32-11-6-7-20-36-32/h1-23H. The monoisotopic (exact) mass is 485 g/mol. The van der Waals surface area contributed by atoms with Crippen molar-refractivity contribution in [1.29, 1.82) is 0 Å². The summed E-state index contributed by atoms with van der Waals surface area (Å²) in [6.45, 7) is 0. The van der Waals surface area contributed by atoms with Crippen molar-refractivity contribution >= 4 is 43.5 Å². The fourth-order valence-corrected chi connectivity index (χ4v) is 5.82. The molecule has 3 aromatic heterocycles. The van der Waals surface area contributed by atoms with Crippen LogP contribution in [0.25, 0.3) is 66.1 Å². The van der Waals surface area contributed by atoms with Gasteiger partial charge in [-0.15, -0.1) is 0 Å². The molecule has 3 heteroatoms. The lowest BCUT2D eigenvalue weighted by Crippen LogP contribution is -1.94. The lowest BCUT2D eigenvalue weighted by Gasteiger charge is -2.10. The summed E-state index contributed by atoms with van der Waals surface area (Å²) in [5, 5.41) is 6.31. The van der Waals surface area contributed by atoms with Crippen molar-refractivity contribution in [3.8, 4) is 22.6 Å². The van der Waals surface area contributed by atoms with Crippen LogP contribution in [0.4, 0.5) is 0 Å². The SMILES string of the molecule is c1ccc(-n2ccc3c4cc5c6ccccc6n(-c6ccc(-c7ccccn7)cc6)c5cc4ccc32)cc1. The van der Waals surface area contributed by atoms with Crippen LogP contribution in [0.15, 0.2) is 140 Å². The van der Waals surface area contributed by atoms with Gasteiger partial charge in [-0.2, -0.15) is 0 Å². The Bertz CT molecular complexity index is 2100. The fourth-order valence-electron chi connectivity index (χ4n) is 5.82. The molecule has 0 fully saturated rings. The quantitative estimate of drug-likeness (QED) is 0.245. The van der Waals surface area contributed by atoms with Crippen LogP contribution in [0.2, 0.25) is 0 Å². The van der Waals surface area contributed by atoms with Crippen molar-refractivity contribution in [3.63, 3.8) is 0 Å². The van der Waals surface area contributed by atoms with Crippen LogP contribution in [0.5, 0.6) is 0 Å². The molecular weight excluding hydrogens is 462 g/mol. The summed E-state index contributed by atoms with van der Waals surface area (Å²) in [7, 11) is 0. The molecule has 0 amide bonds. The van der Waals surface area contributed by atoms with Gasteiger partial charge in [-0.25, -0.2) is 0 Å². The van der Waals surface area contributed by atoms with Gasteiger partial charge in [-0.1, -0.05) is 60.7 Å². The highest BCUT2D eigenvalue weighted by Gasteiger charge is 2.15. The van der Waals surface area contributed by atoms with Gasteiger partial charge in [0.15, 0.2) is 0 Å². The second kappa shape index (κ2) is 8.19. The van der Waals surface area contributed by atoms with E-state index in [0.717, 1.165) is 16.9 Å². The van der Waals surface area contributed by atoms with E-state index in [9.17, 15) is 0 Å². The van der Waals surface area contributed by atoms with Crippen molar-refractivity contribution in [2.24, 2.45) is 0 Å². The minimum absolute atomic E-state index is 0.985. The van der Waals surface area contributed by atoms with Gasteiger partial charge in [0.2, 0.25) is 0 Å². The van der Waals surface area contributed by atoms with E-state index < -0.39 is 0 Å². The first-order valence-electron chi connectivity index (χ1n) is 12.9. The predicted octanol–water partition coefficient (Wildman–Crippen LogP) is 8.94. The average molecular weight is 486 g/mol. The van der Waals surface area contributed by atoms with Crippen molar-refractivity contribution in [2.75, 3.05) is 0 Å². The van der Waals surface area contributed by atoms with E-state index in [4.69, 9.17) is 0 Å². The third kappa shape index (κ3) is 3.12. The number of para-hydroxylation sites is 2. The highest BCUT2D eigenvalue weighted by molar-refractivity contribution is 6.18. The molecule has 38 heavy (non-hydrogen) atoms. The summed E-state index contributed by atoms with van der Waals surface area (Å²) in [6, 6.07) is 45.4. The van der Waals surface area contributed by atoms with Gasteiger partial charge in [0.25, 0.3) is 0 Å². The van der Waals surface area contributed by atoms with Crippen LogP contribution < -0.4 is 0 Å². The minimum Gasteiger partial charge on any atom is -0.317 e. The zero-order valence-corrected chi connectivity index (χ0v) is 20.6. The summed E-state index contributed by atoms with van der Waals surface area (Å²) >= 11 is 0. The van der Waals surface area contributed by atoms with E-state index in [0.29, 0.717) is 0 Å². The molecule has 8 rings (SSSR count). The first-order valence-corrected chi connectivity index (χ1v) is 12.9. The maximum atomic E-state index is 4.51. The summed E-state index contributed by atoms with van der Waals surface area (Å²) in [6.07, 6.45) is 4.02. The lowest BCUT2D eigenvalue weighted by molar-refractivity contribution is 1.13. The Morgan fingerprint density at radius 1 is 0.474 bits per heavy atom. The van der Waals surface area contributed by atoms with E-state index in [2.05, 4.69) is 130 Å². The van der Waals surface area contributed by atoms with Crippen LogP contribution in [-0.4, -0.2) is 14.1 Å². The van der Waals surface area contributed by atoms with Gasteiger partial charge in [-0.05, 0) is 77.5 Å². The number of aromatic nitrogens is 3. The molecule has 178 valence electrons. The van der Waals surface area contributed by atoms with Gasteiger partial charge in [-0.3, -0.25) is 4.98 Å². The highest BCUT2D eigenvalue weighted by atomic mass is 15.0. The normalized spacial score (nSPS) is 11.7. The Morgan fingerprint density at radius 3 is 2.11 bits per heavy atom. The molecule has 0 atom stereocenters. The number of pyridine rings is 1. The number of hydrogen-bond acceptors (Lipinski definition) is 1. The van der Waals surface area contributed by atoms with Crippen LogP contribution in [-0.2, 0) is 0 Å². The van der Waals surface area contributed by atoms with Crippen molar-refractivity contribution < 1.29 is 0 Å². The number of benzene rings is 5. The summed E-state index contributed by atoms with van der Waals surface area (Å²) in [4.78, 5) is 4.51. The summed E-state index contributed by atoms with van der Waals surface area (Å²) in [5.74, 6) is 0. The molecule has 0 unspecified atom stereocenters. The first kappa shape index (κ1) is 21.0. The minimum atomic E-state index is 0.985. The molecule has 0 aliphatic rings. The zero-order chi connectivity index (χ0) is 25.1. The molecule has 0 bridgehead atoms. The number of fused-ring (bicyclic) bond motifs is 6. The lowest BCUT2D eigenvalue weighted by atomic mass is 10.0. The average Bonchev–Trinajstić information content (AvgIpc) is 3.57. The van der Waals surface area contributed by atoms with E-state index >= 15 is 0 Å². The van der Waals surface area contributed by atoms with Crippen LogP contribution in [0, 0.1) is 0 Å². The maximum absolute atomic E-state index is 4.51. The molecule has 0 spiro atoms. The molecule has 8 aromatic rings. The molecule has 0 aliphatic carbocycles. The molecule has 0 N–H and O–H groups in total. The second-order valence-corrected chi connectivity index (χ2v) is 9.72. The molecule has 3 nitrogen and oxygen atoms in total. The van der Waals surface area contributed by atoms with Crippen LogP contribution in [0.1, 0.15) is 0 Å². The molecular formula is C35H23N3. The Morgan fingerprint density at radius 2 is 1.26 bits per heavy atom. The van der Waals surface area contributed by atoms with Crippen molar-refractivity contribution in [2.45, 2.75) is 0 Å².